The largest absolute Gasteiger partial charge is 1.00 e. The molecule has 2 aliphatic rings. The highest BCUT2D eigenvalue weighted by Gasteiger charge is 2.40. The van der Waals surface area contributed by atoms with Gasteiger partial charge in [-0.15, -0.1) is 0 Å². The van der Waals surface area contributed by atoms with Gasteiger partial charge in [-0.1, -0.05) is 257 Å². The first-order valence-corrected chi connectivity index (χ1v) is 52.9. The number of benzene rings is 4. The van der Waals surface area contributed by atoms with E-state index in [1.807, 2.05) is 0 Å². The molecule has 3 aromatic heterocycles. The topological polar surface area (TPSA) is 57.4 Å². The lowest BCUT2D eigenvalue weighted by Crippen LogP contribution is -3.00. The monoisotopic (exact) mass is 1790 g/mol. The molecule has 0 radical (unpaired) electrons. The van der Waals surface area contributed by atoms with Crippen molar-refractivity contribution in [2.24, 2.45) is 0 Å². The number of rotatable bonds is 48. The van der Waals surface area contributed by atoms with Crippen molar-refractivity contribution in [2.75, 3.05) is 73.9 Å². The van der Waals surface area contributed by atoms with Gasteiger partial charge >= 0.3 is 0 Å². The van der Waals surface area contributed by atoms with Crippen molar-refractivity contribution in [1.29, 1.82) is 0 Å². The van der Waals surface area contributed by atoms with Crippen LogP contribution in [0.15, 0.2) is 121 Å². The molecule has 9 rings (SSSR count). The zero-order valence-electron chi connectivity index (χ0n) is 69.3. The maximum atomic E-state index is 5.91. The number of aromatic amines is 2. The molecule has 108 heavy (non-hydrogen) atoms. The number of nitrogens with zero attached hydrogens (tertiary/aromatic N) is 2. The molecule has 12 heteroatoms. The van der Waals surface area contributed by atoms with Crippen LogP contribution < -0.4 is 67.9 Å². The highest BCUT2D eigenvalue weighted by Crippen LogP contribution is 2.66. The fraction of sp³-hybridized carbons (Fsp3) is 0.542. The summed E-state index contributed by atoms with van der Waals surface area (Å²) in [7, 11) is -4.72. The Hall–Kier alpha value is -2.88. The van der Waals surface area contributed by atoms with Gasteiger partial charge in [0.15, 0.2) is 0 Å². The van der Waals surface area contributed by atoms with Crippen LogP contribution >= 0.6 is 29.0 Å². The van der Waals surface area contributed by atoms with Crippen molar-refractivity contribution in [3.05, 3.63) is 166 Å². The molecule has 7 aromatic rings. The normalized spacial score (nSPS) is 12.3. The smallest absolute Gasteiger partial charge is 0.0842 e. The molecule has 4 nitrogen and oxygen atoms in total. The Bertz CT molecular complexity index is 3690. The summed E-state index contributed by atoms with van der Waals surface area (Å²) < 4.78 is 0. The fourth-order valence-electron chi connectivity index (χ4n) is 17.3. The standard InChI is InChI=1S/C96H142N4P4.4BrH/c1-13-25-61-101(62-26-14-2,63-27-15-3)73-77-37-45-81(46-38-77)93-85-53-55-87(97-85)94(82-47-39-78(40-48-82)74-102(64-28-16-4,65-29-17-5)66-30-18-6)89-57-59-91(99-89)96(84-51-43-80(44-52-84)76-104(70-34-22-10,71-35-23-11)72-36-24-12)92-60-58-90(100-92)95(88-56-54-86(93)98-88)83-49-41-79(42-50-83)75-103(67-31-19-7,68-32-20-8)69-33-21-9;;;;/h37-60,97-98H,13-36,61-76H2,1-12H3;4*1H/q+4;;;;/p-4. The summed E-state index contributed by atoms with van der Waals surface area (Å²) in [4.78, 5) is 20.2. The minimum absolute atomic E-state index is 0. The van der Waals surface area contributed by atoms with Crippen molar-refractivity contribution >= 4 is 75.4 Å². The van der Waals surface area contributed by atoms with Gasteiger partial charge in [-0.2, -0.15) is 0 Å². The van der Waals surface area contributed by atoms with Crippen LogP contribution in [-0.2, 0) is 24.6 Å². The molecule has 0 saturated carbocycles. The number of aromatic nitrogens is 4. The summed E-state index contributed by atoms with van der Waals surface area (Å²) in [5.41, 5.74) is 23.6. The Kier molecular flexibility index (Phi) is 44.1. The number of nitrogens with one attached hydrogen (secondary N) is 2. The summed E-state index contributed by atoms with van der Waals surface area (Å²) >= 11 is 0. The lowest BCUT2D eigenvalue weighted by Gasteiger charge is -2.28. The molecule has 0 amide bonds. The average molecular weight is 1800 g/mol. The van der Waals surface area contributed by atoms with Crippen LogP contribution in [0.1, 0.15) is 282 Å². The number of hydrogen-bond donors (Lipinski definition) is 2. The SMILES string of the molecule is CCCC[P+](CCCC)(CCCC)Cc1ccc(-c2c3nc(c(-c4ccc(C[P+](CCCC)(CCCC)CCCC)cc4)c4ccc([nH]4)c(-c4ccc(C[P+](CCCC)(CCCC)CCCC)cc4)c4ccc([nH]4)c(-c4ccc(C[P+](CCCC)(CCCC)CCCC)cc4)c4nc2C=C4)C=C3)cc1.[Br-].[Br-].[Br-].[Br-]. The lowest BCUT2D eigenvalue weighted by atomic mass is 10.0. The van der Waals surface area contributed by atoms with E-state index in [2.05, 4.69) is 239 Å². The average Bonchev–Trinajstić information content (AvgIpc) is 1.61. The first-order chi connectivity index (χ1) is 50.8. The van der Waals surface area contributed by atoms with Crippen LogP contribution in [0, 0.1) is 0 Å². The molecule has 594 valence electrons. The van der Waals surface area contributed by atoms with Crippen LogP contribution in [0.3, 0.4) is 0 Å². The van der Waals surface area contributed by atoms with Gasteiger partial charge < -0.3 is 77.9 Å². The quantitative estimate of drug-likeness (QED) is 0.0374. The molecule has 8 bridgehead atoms. The molecule has 4 aromatic carbocycles. The zero-order chi connectivity index (χ0) is 73.6. The van der Waals surface area contributed by atoms with Crippen molar-refractivity contribution < 1.29 is 67.9 Å². The van der Waals surface area contributed by atoms with E-state index < -0.39 is 29.0 Å². The minimum Gasteiger partial charge on any atom is -1.00 e. The Morgan fingerprint density at radius 2 is 0.380 bits per heavy atom. The molecule has 5 heterocycles. The highest BCUT2D eigenvalue weighted by molar-refractivity contribution is 7.76. The summed E-state index contributed by atoms with van der Waals surface area (Å²) in [6.45, 7) is 28.7. The van der Waals surface area contributed by atoms with E-state index in [0.29, 0.717) is 0 Å². The van der Waals surface area contributed by atoms with E-state index in [1.54, 1.807) is 0 Å². The van der Waals surface area contributed by atoms with Gasteiger partial charge in [0, 0.05) is 73.4 Å². The maximum Gasteiger partial charge on any atom is 0.0842 e. The third-order valence-corrected chi connectivity index (χ3v) is 43.0. The second kappa shape index (κ2) is 49.8. The van der Waals surface area contributed by atoms with Gasteiger partial charge in [-0.25, -0.2) is 9.97 Å². The van der Waals surface area contributed by atoms with Gasteiger partial charge in [0.25, 0.3) is 0 Å². The summed E-state index contributed by atoms with van der Waals surface area (Å²) in [5, 5.41) is 0. The van der Waals surface area contributed by atoms with E-state index in [0.717, 1.165) is 61.5 Å². The van der Waals surface area contributed by atoms with E-state index in [-0.39, 0.29) is 67.9 Å². The van der Waals surface area contributed by atoms with Gasteiger partial charge in [0.05, 0.1) is 121 Å². The third-order valence-electron chi connectivity index (χ3n) is 23.6. The van der Waals surface area contributed by atoms with Crippen LogP contribution in [0.25, 0.3) is 90.9 Å². The first-order valence-electron chi connectivity index (χ1n) is 42.8. The van der Waals surface area contributed by atoms with E-state index >= 15 is 0 Å². The number of unbranched alkanes of at least 4 members (excludes halogenated alkanes) is 12. The Labute approximate surface area is 703 Å². The van der Waals surface area contributed by atoms with Crippen LogP contribution in [-0.4, -0.2) is 93.9 Å². The molecule has 2 aliphatic heterocycles. The molecule has 0 saturated heterocycles. The van der Waals surface area contributed by atoms with Crippen LogP contribution in [0.2, 0.25) is 0 Å². The molecule has 0 aliphatic carbocycles. The number of fused-ring (bicyclic) bond motifs is 8. The van der Waals surface area contributed by atoms with Crippen molar-refractivity contribution in [3.63, 3.8) is 0 Å². The van der Waals surface area contributed by atoms with Gasteiger partial charge in [-0.05, 0) is 170 Å². The molecule has 0 spiro atoms. The zero-order valence-corrected chi connectivity index (χ0v) is 79.3. The summed E-state index contributed by atoms with van der Waals surface area (Å²) in [5.74, 6) is 0. The predicted molar refractivity (Wildman–Crippen MR) is 480 cm³/mol. The molecule has 0 unspecified atom stereocenters. The number of halogens is 4. The van der Waals surface area contributed by atoms with Crippen molar-refractivity contribution in [2.45, 2.75) is 262 Å². The van der Waals surface area contributed by atoms with Crippen LogP contribution in [0.4, 0.5) is 0 Å². The molecular weight excluding hydrogens is 1650 g/mol. The van der Waals surface area contributed by atoms with Gasteiger partial charge in [0.2, 0.25) is 0 Å². The van der Waals surface area contributed by atoms with Crippen LogP contribution in [0.5, 0.6) is 0 Å². The minimum atomic E-state index is -1.18. The summed E-state index contributed by atoms with van der Waals surface area (Å²) in [6, 6.07) is 49.0. The Morgan fingerprint density at radius 1 is 0.213 bits per heavy atom. The molecular formula is C96H142Br4N4P4. The van der Waals surface area contributed by atoms with Crippen molar-refractivity contribution in [3.8, 4) is 44.5 Å². The molecule has 2 N–H and O–H groups in total. The van der Waals surface area contributed by atoms with E-state index in [9.17, 15) is 0 Å². The summed E-state index contributed by atoms with van der Waals surface area (Å²) in [6.07, 6.45) is 62.7. The second-order valence-electron chi connectivity index (χ2n) is 32.2. The highest BCUT2D eigenvalue weighted by atomic mass is 79.9. The maximum absolute atomic E-state index is 5.91. The lowest BCUT2D eigenvalue weighted by molar-refractivity contribution is -0.00100. The van der Waals surface area contributed by atoms with Gasteiger partial charge in [-0.3, -0.25) is 0 Å². The fourth-order valence-corrected chi connectivity index (χ4v) is 37.7. The number of hydrogen-bond acceptors (Lipinski definition) is 2. The Balaban J connectivity index is 0.00000523. The van der Waals surface area contributed by atoms with Gasteiger partial charge in [0.1, 0.15) is 0 Å². The Morgan fingerprint density at radius 3 is 0.574 bits per heavy atom. The predicted octanol–water partition coefficient (Wildman–Crippen LogP) is 19.0. The van der Waals surface area contributed by atoms with E-state index in [4.69, 9.17) is 9.97 Å². The molecule has 0 fully saturated rings. The van der Waals surface area contributed by atoms with E-state index in [1.165, 1.54) is 303 Å². The third kappa shape index (κ3) is 26.6. The second-order valence-corrected chi connectivity index (χ2v) is 49.6. The van der Waals surface area contributed by atoms with Crippen molar-refractivity contribution in [1.82, 2.24) is 19.9 Å². The number of H-pyrrole nitrogens is 2. The first kappa shape index (κ1) is 95.7. The molecule has 0 atom stereocenters.